The first-order valence-electron chi connectivity index (χ1n) is 9.71. The van der Waals surface area contributed by atoms with Gasteiger partial charge in [0.15, 0.2) is 0 Å². The van der Waals surface area contributed by atoms with Crippen molar-refractivity contribution in [3.8, 4) is 0 Å². The summed E-state index contributed by atoms with van der Waals surface area (Å²) in [7, 11) is 0. The van der Waals surface area contributed by atoms with Gasteiger partial charge in [-0.3, -0.25) is 14.5 Å². The first kappa shape index (κ1) is 20.6. The fourth-order valence-corrected chi connectivity index (χ4v) is 3.61. The van der Waals surface area contributed by atoms with Crippen LogP contribution in [0.1, 0.15) is 31.9 Å². The number of nitrogens with zero attached hydrogens (tertiary/aromatic N) is 1. The second-order valence-electron chi connectivity index (χ2n) is 8.53. The molecule has 6 nitrogen and oxygen atoms in total. The van der Waals surface area contributed by atoms with E-state index >= 15 is 0 Å². The predicted molar refractivity (Wildman–Crippen MR) is 111 cm³/mol. The number of hydrogen-bond acceptors (Lipinski definition) is 3. The van der Waals surface area contributed by atoms with Crippen LogP contribution in [0.5, 0.6) is 0 Å². The summed E-state index contributed by atoms with van der Waals surface area (Å²) in [4.78, 5) is 39.5. The summed E-state index contributed by atoms with van der Waals surface area (Å²) in [6, 6.07) is 18.6. The van der Waals surface area contributed by atoms with Crippen LogP contribution in [0.2, 0.25) is 0 Å². The molecule has 0 unspecified atom stereocenters. The quantitative estimate of drug-likeness (QED) is 0.741. The Morgan fingerprint density at radius 3 is 1.86 bits per heavy atom. The SMILES string of the molecule is CC(C)(C)NC(=O)CN1C(=O)NC(Cc2ccccc2)(Cc2ccccc2)C1=O. The largest absolute Gasteiger partial charge is 0.350 e. The smallest absolute Gasteiger partial charge is 0.325 e. The third-order valence-electron chi connectivity index (χ3n) is 4.76. The first-order valence-corrected chi connectivity index (χ1v) is 9.71. The van der Waals surface area contributed by atoms with Crippen molar-refractivity contribution in [3.63, 3.8) is 0 Å². The van der Waals surface area contributed by atoms with Gasteiger partial charge in [-0.15, -0.1) is 0 Å². The van der Waals surface area contributed by atoms with Gasteiger partial charge in [0.25, 0.3) is 5.91 Å². The number of imide groups is 1. The Morgan fingerprint density at radius 2 is 1.41 bits per heavy atom. The molecule has 1 aliphatic heterocycles. The van der Waals surface area contributed by atoms with Gasteiger partial charge >= 0.3 is 6.03 Å². The molecular weight excluding hydrogens is 366 g/mol. The fraction of sp³-hybridized carbons (Fsp3) is 0.348. The second-order valence-corrected chi connectivity index (χ2v) is 8.53. The molecule has 2 N–H and O–H groups in total. The minimum Gasteiger partial charge on any atom is -0.350 e. The van der Waals surface area contributed by atoms with Crippen LogP contribution < -0.4 is 10.6 Å². The van der Waals surface area contributed by atoms with E-state index in [0.29, 0.717) is 12.8 Å². The number of urea groups is 1. The summed E-state index contributed by atoms with van der Waals surface area (Å²) < 4.78 is 0. The molecule has 0 saturated carbocycles. The molecule has 0 aliphatic carbocycles. The Balaban J connectivity index is 1.88. The molecule has 3 rings (SSSR count). The molecule has 0 bridgehead atoms. The van der Waals surface area contributed by atoms with E-state index in [9.17, 15) is 14.4 Å². The number of benzene rings is 2. The van der Waals surface area contributed by atoms with Crippen LogP contribution in [0.4, 0.5) is 4.79 Å². The summed E-state index contributed by atoms with van der Waals surface area (Å²) >= 11 is 0. The molecule has 1 fully saturated rings. The number of carbonyl (C=O) groups excluding carboxylic acids is 3. The maximum absolute atomic E-state index is 13.4. The zero-order chi connectivity index (χ0) is 21.1. The molecule has 1 heterocycles. The van der Waals surface area contributed by atoms with E-state index in [-0.39, 0.29) is 18.4 Å². The molecule has 152 valence electrons. The van der Waals surface area contributed by atoms with Crippen molar-refractivity contribution in [1.82, 2.24) is 15.5 Å². The van der Waals surface area contributed by atoms with E-state index in [2.05, 4.69) is 10.6 Å². The van der Waals surface area contributed by atoms with Crippen LogP contribution >= 0.6 is 0 Å². The van der Waals surface area contributed by atoms with E-state index in [1.54, 1.807) is 0 Å². The average Bonchev–Trinajstić information content (AvgIpc) is 2.86. The molecular formula is C23H27N3O3. The lowest BCUT2D eigenvalue weighted by Crippen LogP contribution is -2.52. The van der Waals surface area contributed by atoms with Crippen LogP contribution in [0.3, 0.4) is 0 Å². The van der Waals surface area contributed by atoms with Crippen LogP contribution in [-0.4, -0.2) is 40.4 Å². The van der Waals surface area contributed by atoms with Gasteiger partial charge in [-0.25, -0.2) is 4.79 Å². The van der Waals surface area contributed by atoms with E-state index in [1.165, 1.54) is 0 Å². The third kappa shape index (κ3) is 5.02. The maximum atomic E-state index is 13.4. The molecule has 6 heteroatoms. The molecule has 0 radical (unpaired) electrons. The highest BCUT2D eigenvalue weighted by Crippen LogP contribution is 2.27. The highest BCUT2D eigenvalue weighted by molar-refractivity contribution is 6.09. The van der Waals surface area contributed by atoms with Crippen LogP contribution in [-0.2, 0) is 22.4 Å². The van der Waals surface area contributed by atoms with E-state index in [1.807, 2.05) is 81.4 Å². The second kappa shape index (κ2) is 8.07. The van der Waals surface area contributed by atoms with E-state index in [0.717, 1.165) is 16.0 Å². The summed E-state index contributed by atoms with van der Waals surface area (Å²) in [6.45, 7) is 5.26. The van der Waals surface area contributed by atoms with Gasteiger partial charge in [-0.05, 0) is 31.9 Å². The molecule has 2 aromatic carbocycles. The lowest BCUT2D eigenvalue weighted by atomic mass is 9.84. The standard InChI is InChI=1S/C23H27N3O3/c1-22(2,3)24-19(27)16-26-20(28)23(25-21(26)29,14-17-10-6-4-7-11-17)15-18-12-8-5-9-13-18/h4-13H,14-16H2,1-3H3,(H,24,27)(H,25,29). The number of hydrogen-bond donors (Lipinski definition) is 2. The molecule has 0 atom stereocenters. The van der Waals surface area contributed by atoms with Gasteiger partial charge in [-0.1, -0.05) is 60.7 Å². The number of amides is 4. The number of carbonyl (C=O) groups is 3. The van der Waals surface area contributed by atoms with Crippen molar-refractivity contribution in [2.45, 2.75) is 44.7 Å². The fourth-order valence-electron chi connectivity index (χ4n) is 3.61. The molecule has 0 spiro atoms. The molecule has 0 aromatic heterocycles. The summed E-state index contributed by atoms with van der Waals surface area (Å²) in [5.74, 6) is -0.740. The van der Waals surface area contributed by atoms with Crippen LogP contribution in [0.25, 0.3) is 0 Å². The topological polar surface area (TPSA) is 78.5 Å². The van der Waals surface area contributed by atoms with Crippen molar-refractivity contribution < 1.29 is 14.4 Å². The highest BCUT2D eigenvalue weighted by Gasteiger charge is 2.51. The average molecular weight is 393 g/mol. The van der Waals surface area contributed by atoms with Gasteiger partial charge in [0, 0.05) is 18.4 Å². The highest BCUT2D eigenvalue weighted by atomic mass is 16.2. The first-order chi connectivity index (χ1) is 13.7. The Morgan fingerprint density at radius 1 is 0.931 bits per heavy atom. The monoisotopic (exact) mass is 393 g/mol. The molecule has 29 heavy (non-hydrogen) atoms. The lowest BCUT2D eigenvalue weighted by molar-refractivity contribution is -0.135. The zero-order valence-corrected chi connectivity index (χ0v) is 17.1. The Kier molecular flexibility index (Phi) is 5.73. The van der Waals surface area contributed by atoms with Crippen molar-refractivity contribution in [2.75, 3.05) is 6.54 Å². The Hall–Kier alpha value is -3.15. The number of rotatable bonds is 6. The molecule has 4 amide bonds. The third-order valence-corrected chi connectivity index (χ3v) is 4.76. The van der Waals surface area contributed by atoms with Gasteiger partial charge in [-0.2, -0.15) is 0 Å². The predicted octanol–water partition coefficient (Wildman–Crippen LogP) is 2.68. The number of nitrogens with one attached hydrogen (secondary N) is 2. The van der Waals surface area contributed by atoms with Crippen molar-refractivity contribution in [1.29, 1.82) is 0 Å². The maximum Gasteiger partial charge on any atom is 0.325 e. The normalized spacial score (nSPS) is 15.9. The van der Waals surface area contributed by atoms with Gasteiger partial charge in [0.05, 0.1) is 0 Å². The van der Waals surface area contributed by atoms with Gasteiger partial charge < -0.3 is 10.6 Å². The van der Waals surface area contributed by atoms with Crippen LogP contribution in [0.15, 0.2) is 60.7 Å². The molecule has 1 saturated heterocycles. The summed E-state index contributed by atoms with van der Waals surface area (Å²) in [6.07, 6.45) is 0.704. The van der Waals surface area contributed by atoms with Gasteiger partial charge in [0.2, 0.25) is 5.91 Å². The molecule has 1 aliphatic rings. The van der Waals surface area contributed by atoms with Gasteiger partial charge in [0.1, 0.15) is 12.1 Å². The van der Waals surface area contributed by atoms with E-state index in [4.69, 9.17) is 0 Å². The summed E-state index contributed by atoms with van der Waals surface area (Å²) in [5, 5.41) is 5.69. The van der Waals surface area contributed by atoms with Crippen molar-refractivity contribution >= 4 is 17.8 Å². The van der Waals surface area contributed by atoms with Crippen LogP contribution in [0, 0.1) is 0 Å². The molecule has 2 aromatic rings. The zero-order valence-electron chi connectivity index (χ0n) is 17.1. The minimum absolute atomic E-state index is 0.298. The Labute approximate surface area is 171 Å². The van der Waals surface area contributed by atoms with Crippen molar-refractivity contribution in [3.05, 3.63) is 71.8 Å². The minimum atomic E-state index is -1.12. The Bertz CT molecular complexity index is 847. The summed E-state index contributed by atoms with van der Waals surface area (Å²) in [5.41, 5.74) is 0.319. The lowest BCUT2D eigenvalue weighted by Gasteiger charge is -2.27. The van der Waals surface area contributed by atoms with Crippen molar-refractivity contribution in [2.24, 2.45) is 0 Å². The van der Waals surface area contributed by atoms with E-state index < -0.39 is 17.1 Å².